The van der Waals surface area contributed by atoms with Crippen molar-refractivity contribution in [3.05, 3.63) is 36.4 Å². The molecule has 98 valence electrons. The Morgan fingerprint density at radius 2 is 2.42 bits per heavy atom. The zero-order valence-corrected chi connectivity index (χ0v) is 10.5. The van der Waals surface area contributed by atoms with Gasteiger partial charge in [-0.15, -0.1) is 0 Å². The number of carbonyl (C=O) groups excluding carboxylic acids is 1. The van der Waals surface area contributed by atoms with Crippen LogP contribution in [0.15, 0.2) is 30.9 Å². The Balaban J connectivity index is 1.53. The minimum absolute atomic E-state index is 0.0167. The van der Waals surface area contributed by atoms with Crippen LogP contribution >= 0.6 is 0 Å². The molecule has 1 saturated carbocycles. The van der Waals surface area contributed by atoms with Crippen LogP contribution in [0.5, 0.6) is 0 Å². The van der Waals surface area contributed by atoms with Crippen molar-refractivity contribution in [2.75, 3.05) is 6.54 Å². The summed E-state index contributed by atoms with van der Waals surface area (Å²) >= 11 is 0. The first kappa shape index (κ1) is 11.0. The molecule has 2 bridgehead atoms. The largest absolute Gasteiger partial charge is 0.348 e. The normalized spacial score (nSPS) is 28.9. The van der Waals surface area contributed by atoms with E-state index in [0.29, 0.717) is 11.6 Å². The van der Waals surface area contributed by atoms with E-state index >= 15 is 0 Å². The average Bonchev–Trinajstić information content (AvgIpc) is 3.13. The molecular weight excluding hydrogens is 240 g/mol. The van der Waals surface area contributed by atoms with Crippen molar-refractivity contribution in [3.63, 3.8) is 0 Å². The molecule has 19 heavy (non-hydrogen) atoms. The quantitative estimate of drug-likeness (QED) is 0.836. The number of nitrogens with zero attached hydrogens (tertiary/aromatic N) is 2. The van der Waals surface area contributed by atoms with E-state index in [4.69, 9.17) is 0 Å². The van der Waals surface area contributed by atoms with Gasteiger partial charge in [0, 0.05) is 23.8 Å². The second-order valence-electron chi connectivity index (χ2n) is 5.57. The average molecular weight is 256 g/mol. The van der Waals surface area contributed by atoms with Crippen molar-refractivity contribution in [2.45, 2.75) is 24.9 Å². The number of pyridine rings is 1. The van der Waals surface area contributed by atoms with Crippen molar-refractivity contribution in [1.82, 2.24) is 20.0 Å². The number of imidazole rings is 1. The Kier molecular flexibility index (Phi) is 2.35. The number of hydrogen-bond acceptors (Lipinski definition) is 3. The summed E-state index contributed by atoms with van der Waals surface area (Å²) in [6, 6.07) is 4.47. The van der Waals surface area contributed by atoms with Gasteiger partial charge in [-0.25, -0.2) is 4.98 Å². The lowest BCUT2D eigenvalue weighted by molar-refractivity contribution is 0.0928. The molecule has 2 fully saturated rings. The molecule has 5 heteroatoms. The van der Waals surface area contributed by atoms with Gasteiger partial charge in [0.15, 0.2) is 0 Å². The third kappa shape index (κ3) is 1.81. The van der Waals surface area contributed by atoms with Crippen LogP contribution in [0.4, 0.5) is 0 Å². The van der Waals surface area contributed by atoms with Crippen LogP contribution in [-0.4, -0.2) is 33.9 Å². The number of fused-ring (bicyclic) bond motifs is 3. The number of rotatable bonds is 2. The van der Waals surface area contributed by atoms with E-state index in [1.807, 2.05) is 22.7 Å². The highest BCUT2D eigenvalue weighted by Gasteiger charge is 2.39. The van der Waals surface area contributed by atoms with Crippen LogP contribution in [0.25, 0.3) is 5.52 Å². The van der Waals surface area contributed by atoms with Gasteiger partial charge in [-0.1, -0.05) is 0 Å². The Morgan fingerprint density at radius 3 is 3.21 bits per heavy atom. The van der Waals surface area contributed by atoms with Crippen LogP contribution in [0, 0.1) is 5.92 Å². The molecule has 3 atom stereocenters. The highest BCUT2D eigenvalue weighted by molar-refractivity contribution is 5.95. The Bertz CT molecular complexity index is 635. The van der Waals surface area contributed by atoms with E-state index in [1.165, 1.54) is 6.42 Å². The zero-order chi connectivity index (χ0) is 12.8. The van der Waals surface area contributed by atoms with E-state index in [9.17, 15) is 4.79 Å². The Hall–Kier alpha value is -1.88. The monoisotopic (exact) mass is 256 g/mol. The van der Waals surface area contributed by atoms with Crippen molar-refractivity contribution in [2.24, 2.45) is 5.92 Å². The van der Waals surface area contributed by atoms with Gasteiger partial charge in [0.25, 0.3) is 5.91 Å². The highest BCUT2D eigenvalue weighted by atomic mass is 16.1. The summed E-state index contributed by atoms with van der Waals surface area (Å²) < 4.78 is 1.90. The fourth-order valence-corrected chi connectivity index (χ4v) is 3.33. The molecule has 0 unspecified atom stereocenters. The van der Waals surface area contributed by atoms with Gasteiger partial charge < -0.3 is 15.0 Å². The second-order valence-corrected chi connectivity index (χ2v) is 5.57. The first-order valence-corrected chi connectivity index (χ1v) is 6.75. The van der Waals surface area contributed by atoms with Crippen LogP contribution in [0.3, 0.4) is 0 Å². The van der Waals surface area contributed by atoms with Gasteiger partial charge in [0.05, 0.1) is 18.0 Å². The molecule has 3 heterocycles. The summed E-state index contributed by atoms with van der Waals surface area (Å²) in [6.07, 6.45) is 7.67. The molecule has 1 amide bonds. The summed E-state index contributed by atoms with van der Waals surface area (Å²) in [4.78, 5) is 16.3. The molecule has 0 radical (unpaired) electrons. The predicted molar refractivity (Wildman–Crippen MR) is 71.0 cm³/mol. The van der Waals surface area contributed by atoms with E-state index in [0.717, 1.165) is 24.4 Å². The fourth-order valence-electron chi connectivity index (χ4n) is 3.33. The smallest absolute Gasteiger partial charge is 0.251 e. The molecule has 2 aromatic rings. The Labute approximate surface area is 111 Å². The lowest BCUT2D eigenvalue weighted by atomic mass is 10.1. The van der Waals surface area contributed by atoms with Crippen LogP contribution in [-0.2, 0) is 0 Å². The topological polar surface area (TPSA) is 58.4 Å². The molecule has 1 aliphatic heterocycles. The summed E-state index contributed by atoms with van der Waals surface area (Å²) in [5.41, 5.74) is 1.65. The molecular formula is C14H16N4O. The molecule has 0 aromatic carbocycles. The maximum atomic E-state index is 12.3. The fraction of sp³-hybridized carbons (Fsp3) is 0.429. The molecule has 2 aliphatic rings. The minimum atomic E-state index is 0.0167. The summed E-state index contributed by atoms with van der Waals surface area (Å²) in [6.45, 7) is 1.11. The first-order valence-electron chi connectivity index (χ1n) is 6.75. The molecule has 0 spiro atoms. The number of nitrogens with one attached hydrogen (secondary N) is 2. The predicted octanol–water partition coefficient (Wildman–Crippen LogP) is 0.814. The van der Waals surface area contributed by atoms with Gasteiger partial charge in [0.2, 0.25) is 0 Å². The molecule has 5 nitrogen and oxygen atoms in total. The summed E-state index contributed by atoms with van der Waals surface area (Å²) in [5.74, 6) is 0.760. The summed E-state index contributed by atoms with van der Waals surface area (Å²) in [5, 5.41) is 6.61. The highest BCUT2D eigenvalue weighted by Crippen LogP contribution is 2.31. The van der Waals surface area contributed by atoms with E-state index in [1.54, 1.807) is 12.5 Å². The number of hydrogen-bond donors (Lipinski definition) is 2. The Morgan fingerprint density at radius 1 is 1.47 bits per heavy atom. The summed E-state index contributed by atoms with van der Waals surface area (Å²) in [7, 11) is 0. The maximum Gasteiger partial charge on any atom is 0.251 e. The molecule has 2 aromatic heterocycles. The van der Waals surface area contributed by atoms with Crippen LogP contribution in [0.1, 0.15) is 23.2 Å². The van der Waals surface area contributed by atoms with Gasteiger partial charge >= 0.3 is 0 Å². The SMILES string of the molecule is O=C(N[C@@H]1C[C@H]2CN[C@@H]1C2)c1ccn2cncc2c1. The van der Waals surface area contributed by atoms with Gasteiger partial charge in [-0.2, -0.15) is 0 Å². The van der Waals surface area contributed by atoms with Crippen molar-refractivity contribution in [1.29, 1.82) is 0 Å². The van der Waals surface area contributed by atoms with Gasteiger partial charge in [-0.3, -0.25) is 4.79 Å². The molecule has 1 aliphatic carbocycles. The first-order chi connectivity index (χ1) is 9.29. The van der Waals surface area contributed by atoms with Crippen molar-refractivity contribution >= 4 is 11.4 Å². The van der Waals surface area contributed by atoms with E-state index < -0.39 is 0 Å². The van der Waals surface area contributed by atoms with Crippen LogP contribution in [0.2, 0.25) is 0 Å². The number of aromatic nitrogens is 2. The number of carbonyl (C=O) groups is 1. The van der Waals surface area contributed by atoms with Gasteiger partial charge in [-0.05, 0) is 37.4 Å². The van der Waals surface area contributed by atoms with E-state index in [-0.39, 0.29) is 11.9 Å². The second kappa shape index (κ2) is 4.06. The number of amides is 1. The third-order valence-corrected chi connectivity index (χ3v) is 4.32. The zero-order valence-electron chi connectivity index (χ0n) is 10.5. The molecule has 4 rings (SSSR count). The number of piperidine rings is 1. The van der Waals surface area contributed by atoms with Gasteiger partial charge in [0.1, 0.15) is 0 Å². The van der Waals surface area contributed by atoms with Crippen LogP contribution < -0.4 is 10.6 Å². The maximum absolute atomic E-state index is 12.3. The minimum Gasteiger partial charge on any atom is -0.348 e. The lowest BCUT2D eigenvalue weighted by Gasteiger charge is -2.24. The lowest BCUT2D eigenvalue weighted by Crippen LogP contribution is -2.47. The van der Waals surface area contributed by atoms with E-state index in [2.05, 4.69) is 15.6 Å². The standard InChI is InChI=1S/C14H16N4O/c19-14(17-13-4-9-3-12(13)16-6-9)10-1-2-18-8-15-7-11(18)5-10/h1-2,5,7-9,12-13,16H,3-4,6H2,(H,17,19)/t9-,12+,13+/m0/s1. The molecule has 2 N–H and O–H groups in total. The van der Waals surface area contributed by atoms with Crippen molar-refractivity contribution in [3.8, 4) is 0 Å². The van der Waals surface area contributed by atoms with Crippen molar-refractivity contribution < 1.29 is 4.79 Å². The third-order valence-electron chi connectivity index (χ3n) is 4.32. The molecule has 1 saturated heterocycles.